The molecule has 0 bridgehead atoms. The summed E-state index contributed by atoms with van der Waals surface area (Å²) in [5.41, 5.74) is -0.309. The first-order valence-electron chi connectivity index (χ1n) is 5.72. The summed E-state index contributed by atoms with van der Waals surface area (Å²) in [6.07, 6.45) is 1.83. The minimum atomic E-state index is -0.624. The molecule has 1 aliphatic rings. The molecule has 0 atom stereocenters. The zero-order valence-corrected chi connectivity index (χ0v) is 10.6. The zero-order valence-electron chi connectivity index (χ0n) is 9.85. The lowest BCUT2D eigenvalue weighted by molar-refractivity contribution is -0.385. The second-order valence-corrected chi connectivity index (χ2v) is 5.05. The number of nitrogens with zero attached hydrogens (tertiary/aromatic N) is 1. The Labute approximate surface area is 109 Å². The number of halogens is 1. The van der Waals surface area contributed by atoms with Crippen LogP contribution in [0.3, 0.4) is 0 Å². The third kappa shape index (κ3) is 2.46. The molecule has 1 aliphatic carbocycles. The quantitative estimate of drug-likeness (QED) is 0.677. The Kier molecular flexibility index (Phi) is 3.52. The lowest BCUT2D eigenvalue weighted by atomic mass is 9.82. The van der Waals surface area contributed by atoms with Gasteiger partial charge in [-0.2, -0.15) is 0 Å². The number of hydrogen-bond donors (Lipinski definition) is 1. The maximum absolute atomic E-state index is 12.0. The third-order valence-corrected chi connectivity index (χ3v) is 3.43. The molecule has 5 nitrogen and oxygen atoms in total. The molecule has 0 heterocycles. The molecular weight excluding hydrogens is 256 g/mol. The highest BCUT2D eigenvalue weighted by Crippen LogP contribution is 2.30. The molecular formula is C12H13ClN2O3. The van der Waals surface area contributed by atoms with Crippen LogP contribution in [-0.4, -0.2) is 16.9 Å². The zero-order chi connectivity index (χ0) is 13.3. The van der Waals surface area contributed by atoms with Crippen LogP contribution in [-0.2, 0) is 0 Å². The largest absolute Gasteiger partial charge is 0.349 e. The summed E-state index contributed by atoms with van der Waals surface area (Å²) >= 11 is 5.75. The first kappa shape index (κ1) is 12.8. The number of benzene rings is 1. The van der Waals surface area contributed by atoms with E-state index >= 15 is 0 Å². The van der Waals surface area contributed by atoms with E-state index in [-0.39, 0.29) is 22.3 Å². The van der Waals surface area contributed by atoms with Crippen LogP contribution < -0.4 is 5.32 Å². The van der Waals surface area contributed by atoms with Crippen LogP contribution in [0.2, 0.25) is 5.02 Å². The van der Waals surface area contributed by atoms with Crippen LogP contribution in [0.15, 0.2) is 18.2 Å². The van der Waals surface area contributed by atoms with Crippen molar-refractivity contribution in [3.8, 4) is 0 Å². The van der Waals surface area contributed by atoms with Crippen LogP contribution >= 0.6 is 11.6 Å². The maximum atomic E-state index is 12.0. The van der Waals surface area contributed by atoms with Crippen LogP contribution in [0.4, 0.5) is 5.69 Å². The Morgan fingerprint density at radius 3 is 2.72 bits per heavy atom. The van der Waals surface area contributed by atoms with Crippen molar-refractivity contribution < 1.29 is 9.72 Å². The number of nitro benzene ring substituents is 1. The molecule has 0 aromatic heterocycles. The molecule has 18 heavy (non-hydrogen) atoms. The molecule has 1 aromatic carbocycles. The van der Waals surface area contributed by atoms with Crippen molar-refractivity contribution in [2.45, 2.75) is 25.8 Å². The normalized spacial score (nSPS) is 22.1. The molecule has 1 aromatic rings. The van der Waals surface area contributed by atoms with Gasteiger partial charge in [0.15, 0.2) is 0 Å². The predicted molar refractivity (Wildman–Crippen MR) is 67.8 cm³/mol. The molecule has 1 fully saturated rings. The summed E-state index contributed by atoms with van der Waals surface area (Å²) < 4.78 is 0. The van der Waals surface area contributed by atoms with Gasteiger partial charge in [0.2, 0.25) is 0 Å². The van der Waals surface area contributed by atoms with Gasteiger partial charge in [-0.3, -0.25) is 14.9 Å². The molecule has 1 amide bonds. The summed E-state index contributed by atoms with van der Waals surface area (Å²) in [4.78, 5) is 22.2. The summed E-state index contributed by atoms with van der Waals surface area (Å²) in [6.45, 7) is 2.10. The van der Waals surface area contributed by atoms with E-state index in [2.05, 4.69) is 12.2 Å². The van der Waals surface area contributed by atoms with Crippen molar-refractivity contribution in [1.29, 1.82) is 0 Å². The number of amides is 1. The highest BCUT2D eigenvalue weighted by atomic mass is 35.5. The molecule has 1 saturated carbocycles. The van der Waals surface area contributed by atoms with E-state index in [0.29, 0.717) is 5.92 Å². The number of nitrogens with one attached hydrogen (secondary N) is 1. The first-order chi connectivity index (χ1) is 8.49. The van der Waals surface area contributed by atoms with E-state index in [1.165, 1.54) is 18.2 Å². The first-order valence-corrected chi connectivity index (χ1v) is 6.10. The molecule has 6 heteroatoms. The Morgan fingerprint density at radius 1 is 1.50 bits per heavy atom. The Bertz CT molecular complexity index is 498. The number of hydrogen-bond acceptors (Lipinski definition) is 3. The van der Waals surface area contributed by atoms with Crippen LogP contribution in [0.1, 0.15) is 30.1 Å². The van der Waals surface area contributed by atoms with Crippen molar-refractivity contribution in [3.05, 3.63) is 38.9 Å². The fourth-order valence-electron chi connectivity index (χ4n) is 2.17. The van der Waals surface area contributed by atoms with Gasteiger partial charge in [-0.25, -0.2) is 0 Å². The highest BCUT2D eigenvalue weighted by molar-refractivity contribution is 6.33. The summed E-state index contributed by atoms with van der Waals surface area (Å²) in [5, 5.41) is 13.7. The summed E-state index contributed by atoms with van der Waals surface area (Å²) in [6, 6.07) is 4.47. The lowest BCUT2D eigenvalue weighted by Gasteiger charge is -2.33. The highest BCUT2D eigenvalue weighted by Gasteiger charge is 2.30. The van der Waals surface area contributed by atoms with Crippen LogP contribution in [0.25, 0.3) is 0 Å². The Balaban J connectivity index is 2.19. The molecule has 0 radical (unpaired) electrons. The smallest absolute Gasteiger partial charge is 0.300 e. The fourth-order valence-corrected chi connectivity index (χ4v) is 2.41. The van der Waals surface area contributed by atoms with Gasteiger partial charge in [-0.05, 0) is 30.9 Å². The number of para-hydroxylation sites is 1. The molecule has 96 valence electrons. The van der Waals surface area contributed by atoms with Gasteiger partial charge in [-0.1, -0.05) is 24.6 Å². The number of rotatable bonds is 3. The number of nitro groups is 1. The fraction of sp³-hybridized carbons (Fsp3) is 0.417. The molecule has 0 spiro atoms. The Hall–Kier alpha value is -1.62. The molecule has 2 rings (SSSR count). The molecule has 0 saturated heterocycles. The van der Waals surface area contributed by atoms with E-state index in [0.717, 1.165) is 12.8 Å². The van der Waals surface area contributed by atoms with Crippen LogP contribution in [0.5, 0.6) is 0 Å². The molecule has 1 N–H and O–H groups in total. The van der Waals surface area contributed by atoms with Gasteiger partial charge in [-0.15, -0.1) is 0 Å². The van der Waals surface area contributed by atoms with Crippen LogP contribution in [0, 0.1) is 16.0 Å². The van der Waals surface area contributed by atoms with Crippen molar-refractivity contribution in [3.63, 3.8) is 0 Å². The second-order valence-electron chi connectivity index (χ2n) is 4.64. The SMILES string of the molecule is CC1CC(NC(=O)c2cccc(Cl)c2[N+](=O)[O-])C1. The van der Waals surface area contributed by atoms with Gasteiger partial charge in [0.05, 0.1) is 4.92 Å². The molecule has 0 unspecified atom stereocenters. The summed E-state index contributed by atoms with van der Waals surface area (Å²) in [7, 11) is 0. The van der Waals surface area contributed by atoms with Crippen molar-refractivity contribution in [1.82, 2.24) is 5.32 Å². The topological polar surface area (TPSA) is 72.2 Å². The van der Waals surface area contributed by atoms with Crippen molar-refractivity contribution in [2.24, 2.45) is 5.92 Å². The minimum Gasteiger partial charge on any atom is -0.349 e. The second kappa shape index (κ2) is 4.94. The van der Waals surface area contributed by atoms with E-state index < -0.39 is 10.8 Å². The van der Waals surface area contributed by atoms with Gasteiger partial charge < -0.3 is 5.32 Å². The van der Waals surface area contributed by atoms with E-state index in [4.69, 9.17) is 11.6 Å². The van der Waals surface area contributed by atoms with Gasteiger partial charge in [0.25, 0.3) is 5.91 Å². The lowest BCUT2D eigenvalue weighted by Crippen LogP contribution is -2.43. The van der Waals surface area contributed by atoms with Crippen molar-refractivity contribution >= 4 is 23.2 Å². The maximum Gasteiger partial charge on any atom is 0.300 e. The van der Waals surface area contributed by atoms with Gasteiger partial charge in [0, 0.05) is 6.04 Å². The van der Waals surface area contributed by atoms with E-state index in [1.54, 1.807) is 0 Å². The van der Waals surface area contributed by atoms with E-state index in [1.807, 2.05) is 0 Å². The summed E-state index contributed by atoms with van der Waals surface area (Å²) in [5.74, 6) is 0.172. The molecule has 0 aliphatic heterocycles. The third-order valence-electron chi connectivity index (χ3n) is 3.12. The van der Waals surface area contributed by atoms with Gasteiger partial charge >= 0.3 is 5.69 Å². The standard InChI is InChI=1S/C12H13ClN2O3/c1-7-5-8(6-7)14-12(16)9-3-2-4-10(13)11(9)15(17)18/h2-4,7-8H,5-6H2,1H3,(H,14,16). The van der Waals surface area contributed by atoms with E-state index in [9.17, 15) is 14.9 Å². The Morgan fingerprint density at radius 2 is 2.17 bits per heavy atom. The number of carbonyl (C=O) groups excluding carboxylic acids is 1. The van der Waals surface area contributed by atoms with Crippen molar-refractivity contribution in [2.75, 3.05) is 0 Å². The predicted octanol–water partition coefficient (Wildman–Crippen LogP) is 2.78. The average Bonchev–Trinajstić information content (AvgIpc) is 2.26. The van der Waals surface area contributed by atoms with Gasteiger partial charge in [0.1, 0.15) is 10.6 Å². The minimum absolute atomic E-state index is 0.0189. The average molecular weight is 269 g/mol. The monoisotopic (exact) mass is 268 g/mol. The number of carbonyl (C=O) groups is 1.